The zero-order valence-corrected chi connectivity index (χ0v) is 14.1. The molecule has 0 saturated heterocycles. The van der Waals surface area contributed by atoms with Crippen molar-refractivity contribution in [3.63, 3.8) is 0 Å². The summed E-state index contributed by atoms with van der Waals surface area (Å²) in [6, 6.07) is 21.4. The quantitative estimate of drug-likeness (QED) is 0.578. The number of nitrogens with one attached hydrogen (secondary N) is 1. The van der Waals surface area contributed by atoms with Gasteiger partial charge in [-0.25, -0.2) is 4.98 Å². The topological polar surface area (TPSA) is 68.2 Å². The molecule has 2 aromatic carbocycles. The van der Waals surface area contributed by atoms with E-state index in [1.165, 1.54) is 0 Å². The van der Waals surface area contributed by atoms with Crippen LogP contribution in [-0.4, -0.2) is 14.6 Å². The van der Waals surface area contributed by atoms with Crippen LogP contribution in [0.3, 0.4) is 0 Å². The highest BCUT2D eigenvalue weighted by atomic mass is 35.5. The highest BCUT2D eigenvalue weighted by Gasteiger charge is 2.09. The van der Waals surface area contributed by atoms with E-state index in [-0.39, 0.29) is 0 Å². The number of pyridine rings is 1. The van der Waals surface area contributed by atoms with Crippen molar-refractivity contribution in [2.75, 3.05) is 11.1 Å². The molecule has 25 heavy (non-hydrogen) atoms. The number of hydrogen-bond acceptors (Lipinski definition) is 4. The van der Waals surface area contributed by atoms with Crippen LogP contribution in [0.25, 0.3) is 17.0 Å². The molecule has 0 bridgehead atoms. The number of halogens is 1. The van der Waals surface area contributed by atoms with E-state index < -0.39 is 0 Å². The molecule has 3 N–H and O–H groups in total. The molecule has 0 amide bonds. The zero-order chi connectivity index (χ0) is 17.2. The van der Waals surface area contributed by atoms with Crippen LogP contribution in [0.15, 0.2) is 66.7 Å². The van der Waals surface area contributed by atoms with Crippen LogP contribution in [0.2, 0.25) is 5.02 Å². The number of benzene rings is 2. The van der Waals surface area contributed by atoms with E-state index in [0.29, 0.717) is 23.8 Å². The first-order valence-electron chi connectivity index (χ1n) is 7.89. The van der Waals surface area contributed by atoms with Crippen LogP contribution in [0.4, 0.5) is 11.5 Å². The molecule has 0 unspecified atom stereocenters. The van der Waals surface area contributed by atoms with Gasteiger partial charge in [-0.3, -0.25) is 0 Å². The van der Waals surface area contributed by atoms with Crippen molar-refractivity contribution in [2.24, 2.45) is 0 Å². The van der Waals surface area contributed by atoms with E-state index in [4.69, 9.17) is 17.3 Å². The summed E-state index contributed by atoms with van der Waals surface area (Å²) in [6.07, 6.45) is 0. The maximum atomic E-state index is 6.14. The molecule has 4 rings (SSSR count). The van der Waals surface area contributed by atoms with Crippen molar-refractivity contribution in [3.05, 3.63) is 77.3 Å². The molecule has 0 aliphatic rings. The van der Waals surface area contributed by atoms with Gasteiger partial charge in [0.25, 0.3) is 0 Å². The second-order valence-electron chi connectivity index (χ2n) is 5.72. The molecule has 4 aromatic rings. The molecule has 2 heterocycles. The summed E-state index contributed by atoms with van der Waals surface area (Å²) in [7, 11) is 0. The Bertz CT molecular complexity index is 1030. The first-order valence-corrected chi connectivity index (χ1v) is 8.27. The van der Waals surface area contributed by atoms with Crippen LogP contribution in [-0.2, 0) is 6.54 Å². The van der Waals surface area contributed by atoms with Crippen molar-refractivity contribution >= 4 is 28.8 Å². The summed E-state index contributed by atoms with van der Waals surface area (Å²) in [5.41, 5.74) is 9.78. The van der Waals surface area contributed by atoms with Crippen LogP contribution in [0.1, 0.15) is 5.56 Å². The number of nitrogens with zero attached hydrogens (tertiary/aromatic N) is 3. The molecule has 0 aliphatic carbocycles. The molecule has 2 aromatic heterocycles. The SMILES string of the molecule is Nc1cc(NCc2cccc(Cl)c2)cc2nc(-c3ccccc3)nn12. The first kappa shape index (κ1) is 15.5. The van der Waals surface area contributed by atoms with Crippen molar-refractivity contribution in [1.82, 2.24) is 14.6 Å². The highest BCUT2D eigenvalue weighted by molar-refractivity contribution is 6.30. The van der Waals surface area contributed by atoms with Crippen molar-refractivity contribution in [3.8, 4) is 11.4 Å². The lowest BCUT2D eigenvalue weighted by atomic mass is 10.2. The molecule has 0 saturated carbocycles. The lowest BCUT2D eigenvalue weighted by Crippen LogP contribution is -2.03. The van der Waals surface area contributed by atoms with Gasteiger partial charge in [0.15, 0.2) is 11.5 Å². The van der Waals surface area contributed by atoms with Gasteiger partial charge in [0.05, 0.1) is 0 Å². The van der Waals surface area contributed by atoms with Crippen LogP contribution in [0.5, 0.6) is 0 Å². The van der Waals surface area contributed by atoms with Gasteiger partial charge < -0.3 is 11.1 Å². The standard InChI is InChI=1S/C19H16ClN5/c20-15-8-4-5-13(9-15)12-22-16-10-17(21)25-18(11-16)23-19(24-25)14-6-2-1-3-7-14/h1-11,22H,12,21H2. The molecule has 0 fully saturated rings. The highest BCUT2D eigenvalue weighted by Crippen LogP contribution is 2.21. The Labute approximate surface area is 150 Å². The number of anilines is 2. The van der Waals surface area contributed by atoms with Crippen LogP contribution >= 0.6 is 11.6 Å². The minimum absolute atomic E-state index is 0.528. The van der Waals surface area contributed by atoms with Gasteiger partial charge in [0.2, 0.25) is 0 Å². The predicted octanol–water partition coefficient (Wildman–Crippen LogP) is 4.24. The number of nitrogen functional groups attached to an aromatic ring is 1. The summed E-state index contributed by atoms with van der Waals surface area (Å²) in [6.45, 7) is 0.649. The summed E-state index contributed by atoms with van der Waals surface area (Å²) in [4.78, 5) is 4.58. The third-order valence-electron chi connectivity index (χ3n) is 3.88. The Morgan fingerprint density at radius 2 is 1.84 bits per heavy atom. The smallest absolute Gasteiger partial charge is 0.182 e. The van der Waals surface area contributed by atoms with Gasteiger partial charge in [-0.1, -0.05) is 54.1 Å². The van der Waals surface area contributed by atoms with E-state index >= 15 is 0 Å². The molecule has 0 aliphatic heterocycles. The minimum atomic E-state index is 0.528. The fraction of sp³-hybridized carbons (Fsp3) is 0.0526. The van der Waals surface area contributed by atoms with Crippen LogP contribution < -0.4 is 11.1 Å². The number of hydrogen-bond donors (Lipinski definition) is 2. The molecule has 6 heteroatoms. The Kier molecular flexibility index (Phi) is 3.99. The van der Waals surface area contributed by atoms with Gasteiger partial charge in [-0.2, -0.15) is 4.52 Å². The number of nitrogens with two attached hydrogens (primary N) is 1. The van der Waals surface area contributed by atoms with Crippen molar-refractivity contribution in [1.29, 1.82) is 0 Å². The van der Waals surface area contributed by atoms with E-state index in [1.807, 2.05) is 66.7 Å². The summed E-state index contributed by atoms with van der Waals surface area (Å²) < 4.78 is 1.65. The first-order chi connectivity index (χ1) is 12.2. The van der Waals surface area contributed by atoms with Gasteiger partial charge in [0, 0.05) is 35.0 Å². The third kappa shape index (κ3) is 3.27. The van der Waals surface area contributed by atoms with Gasteiger partial charge in [-0.05, 0) is 17.7 Å². The molecule has 0 radical (unpaired) electrons. The maximum absolute atomic E-state index is 6.14. The second kappa shape index (κ2) is 6.45. The molecule has 124 valence electrons. The number of aromatic nitrogens is 3. The van der Waals surface area contributed by atoms with E-state index in [0.717, 1.165) is 21.8 Å². The monoisotopic (exact) mass is 349 g/mol. The largest absolute Gasteiger partial charge is 0.384 e. The van der Waals surface area contributed by atoms with Crippen LogP contribution in [0, 0.1) is 0 Å². The fourth-order valence-electron chi connectivity index (χ4n) is 2.67. The molecule has 0 atom stereocenters. The average Bonchev–Trinajstić information content (AvgIpc) is 3.06. The summed E-state index contributed by atoms with van der Waals surface area (Å²) in [5.74, 6) is 1.18. The average molecular weight is 350 g/mol. The lowest BCUT2D eigenvalue weighted by molar-refractivity contribution is 0.977. The maximum Gasteiger partial charge on any atom is 0.182 e. The van der Waals surface area contributed by atoms with E-state index in [1.54, 1.807) is 4.52 Å². The Morgan fingerprint density at radius 3 is 2.64 bits per heavy atom. The Balaban J connectivity index is 1.63. The lowest BCUT2D eigenvalue weighted by Gasteiger charge is -2.08. The van der Waals surface area contributed by atoms with Gasteiger partial charge >= 0.3 is 0 Å². The number of rotatable bonds is 4. The molecular formula is C19H16ClN5. The predicted molar refractivity (Wildman–Crippen MR) is 102 cm³/mol. The second-order valence-corrected chi connectivity index (χ2v) is 6.16. The number of fused-ring (bicyclic) bond motifs is 1. The normalized spacial score (nSPS) is 10.9. The third-order valence-corrected chi connectivity index (χ3v) is 4.12. The van der Waals surface area contributed by atoms with E-state index in [9.17, 15) is 0 Å². The van der Waals surface area contributed by atoms with Crippen molar-refractivity contribution < 1.29 is 0 Å². The zero-order valence-electron chi connectivity index (χ0n) is 13.4. The minimum Gasteiger partial charge on any atom is -0.384 e. The Hall–Kier alpha value is -3.05. The fourth-order valence-corrected chi connectivity index (χ4v) is 2.88. The Morgan fingerprint density at radius 1 is 1.00 bits per heavy atom. The van der Waals surface area contributed by atoms with Gasteiger partial charge in [0.1, 0.15) is 5.82 Å². The molecule has 5 nitrogen and oxygen atoms in total. The summed E-state index contributed by atoms with van der Waals surface area (Å²) >= 11 is 6.02. The van der Waals surface area contributed by atoms with Crippen molar-refractivity contribution in [2.45, 2.75) is 6.54 Å². The molecule has 0 spiro atoms. The molecular weight excluding hydrogens is 334 g/mol. The summed E-state index contributed by atoms with van der Waals surface area (Å²) in [5, 5.41) is 8.56. The van der Waals surface area contributed by atoms with E-state index in [2.05, 4.69) is 15.4 Å². The van der Waals surface area contributed by atoms with Gasteiger partial charge in [-0.15, -0.1) is 5.10 Å².